The highest BCUT2D eigenvalue weighted by atomic mass is 79.9. The lowest BCUT2D eigenvalue weighted by Crippen LogP contribution is -2.45. The molecule has 0 radical (unpaired) electrons. The number of rotatable bonds is 6. The van der Waals surface area contributed by atoms with Crippen LogP contribution in [0.1, 0.15) is 74.7 Å². The number of nitrogens with zero attached hydrogens (tertiary/aromatic N) is 1. The van der Waals surface area contributed by atoms with Gasteiger partial charge in [-0.05, 0) is 83.5 Å². The molecule has 1 aliphatic carbocycles. The molecule has 3 heteroatoms. The Labute approximate surface area is 238 Å². The SMILES string of the molecule is CC(C)c1ccc(/C=C/c2cc(-c3ccc(Br)cc3)cc(-c3ccc(Br)cc3)[n+]2C2CCCCC2)cc1. The molecule has 1 aliphatic rings. The zero-order valence-electron chi connectivity index (χ0n) is 21.6. The molecule has 37 heavy (non-hydrogen) atoms. The molecular formula is C34H34Br2N+. The molecular weight excluding hydrogens is 582 g/mol. The van der Waals surface area contributed by atoms with E-state index in [1.165, 1.54) is 71.3 Å². The van der Waals surface area contributed by atoms with E-state index in [9.17, 15) is 0 Å². The predicted octanol–water partition coefficient (Wildman–Crippen LogP) is 10.6. The lowest BCUT2D eigenvalue weighted by molar-refractivity contribution is -0.716. The Morgan fingerprint density at radius 2 is 1.27 bits per heavy atom. The first kappa shape index (κ1) is 26.1. The minimum Gasteiger partial charge on any atom is -0.189 e. The van der Waals surface area contributed by atoms with E-state index in [1.54, 1.807) is 0 Å². The molecule has 5 rings (SSSR count). The van der Waals surface area contributed by atoms with Gasteiger partial charge in [-0.2, -0.15) is 4.57 Å². The minimum absolute atomic E-state index is 0.509. The Hall–Kier alpha value is -2.49. The van der Waals surface area contributed by atoms with E-state index in [4.69, 9.17) is 0 Å². The van der Waals surface area contributed by atoms with Crippen LogP contribution in [0.2, 0.25) is 0 Å². The van der Waals surface area contributed by atoms with Crippen LogP contribution in [0.4, 0.5) is 0 Å². The summed E-state index contributed by atoms with van der Waals surface area (Å²) in [5.74, 6) is 0.544. The van der Waals surface area contributed by atoms with Crippen molar-refractivity contribution < 1.29 is 4.57 Å². The zero-order chi connectivity index (χ0) is 25.8. The summed E-state index contributed by atoms with van der Waals surface area (Å²) in [6, 6.07) is 31.7. The zero-order valence-corrected chi connectivity index (χ0v) is 24.8. The summed E-state index contributed by atoms with van der Waals surface area (Å²) in [7, 11) is 0. The molecule has 1 heterocycles. The lowest BCUT2D eigenvalue weighted by Gasteiger charge is -2.22. The van der Waals surface area contributed by atoms with Crippen molar-refractivity contribution >= 4 is 44.0 Å². The van der Waals surface area contributed by atoms with Crippen molar-refractivity contribution in [3.63, 3.8) is 0 Å². The Bertz CT molecular complexity index is 1360. The van der Waals surface area contributed by atoms with Gasteiger partial charge < -0.3 is 0 Å². The topological polar surface area (TPSA) is 3.88 Å². The van der Waals surface area contributed by atoms with Crippen LogP contribution in [-0.2, 0) is 0 Å². The molecule has 0 N–H and O–H groups in total. The van der Waals surface area contributed by atoms with Crippen LogP contribution in [0, 0.1) is 0 Å². The number of hydrogen-bond donors (Lipinski definition) is 0. The minimum atomic E-state index is 0.509. The molecule has 0 amide bonds. The van der Waals surface area contributed by atoms with E-state index in [1.807, 2.05) is 0 Å². The average Bonchev–Trinajstić information content (AvgIpc) is 2.93. The van der Waals surface area contributed by atoms with Gasteiger partial charge in [-0.3, -0.25) is 0 Å². The molecule has 0 unspecified atom stereocenters. The van der Waals surface area contributed by atoms with E-state index in [-0.39, 0.29) is 0 Å². The summed E-state index contributed by atoms with van der Waals surface area (Å²) in [5.41, 5.74) is 8.89. The van der Waals surface area contributed by atoms with Gasteiger partial charge in [0, 0.05) is 45.6 Å². The summed E-state index contributed by atoms with van der Waals surface area (Å²) >= 11 is 7.23. The molecule has 1 nitrogen and oxygen atoms in total. The molecule has 0 aliphatic heterocycles. The van der Waals surface area contributed by atoms with Crippen molar-refractivity contribution in [1.29, 1.82) is 0 Å². The molecule has 3 aromatic carbocycles. The highest BCUT2D eigenvalue weighted by Crippen LogP contribution is 2.32. The molecule has 1 fully saturated rings. The summed E-state index contributed by atoms with van der Waals surface area (Å²) in [5, 5.41) is 0. The first-order valence-electron chi connectivity index (χ1n) is 13.4. The number of benzene rings is 3. The van der Waals surface area contributed by atoms with Crippen molar-refractivity contribution in [1.82, 2.24) is 0 Å². The third kappa shape index (κ3) is 6.33. The van der Waals surface area contributed by atoms with Gasteiger partial charge >= 0.3 is 0 Å². The van der Waals surface area contributed by atoms with Gasteiger partial charge in [-0.25, -0.2) is 0 Å². The van der Waals surface area contributed by atoms with Crippen LogP contribution in [0.5, 0.6) is 0 Å². The number of halogens is 2. The maximum Gasteiger partial charge on any atom is 0.213 e. The Morgan fingerprint density at radius 3 is 1.86 bits per heavy atom. The quantitative estimate of drug-likeness (QED) is 0.190. The normalized spacial score (nSPS) is 14.5. The fourth-order valence-electron chi connectivity index (χ4n) is 5.33. The van der Waals surface area contributed by atoms with Crippen LogP contribution in [-0.4, -0.2) is 0 Å². The smallest absolute Gasteiger partial charge is 0.189 e. The van der Waals surface area contributed by atoms with Gasteiger partial charge in [0.2, 0.25) is 11.4 Å². The molecule has 188 valence electrons. The number of hydrogen-bond acceptors (Lipinski definition) is 0. The van der Waals surface area contributed by atoms with Gasteiger partial charge in [-0.15, -0.1) is 0 Å². The van der Waals surface area contributed by atoms with Crippen LogP contribution >= 0.6 is 31.9 Å². The van der Waals surface area contributed by atoms with Crippen LogP contribution in [0.3, 0.4) is 0 Å². The third-order valence-electron chi connectivity index (χ3n) is 7.44. The Kier molecular flexibility index (Phi) is 8.42. The second-order valence-electron chi connectivity index (χ2n) is 10.4. The van der Waals surface area contributed by atoms with E-state index in [2.05, 4.69) is 147 Å². The summed E-state index contributed by atoms with van der Waals surface area (Å²) < 4.78 is 4.82. The molecule has 4 aromatic rings. The van der Waals surface area contributed by atoms with Crippen molar-refractivity contribution in [3.05, 3.63) is 111 Å². The van der Waals surface area contributed by atoms with Crippen molar-refractivity contribution in [3.8, 4) is 22.4 Å². The predicted molar refractivity (Wildman–Crippen MR) is 164 cm³/mol. The van der Waals surface area contributed by atoms with Gasteiger partial charge in [-0.1, -0.05) is 88.5 Å². The second-order valence-corrected chi connectivity index (χ2v) is 12.2. The molecule has 0 atom stereocenters. The van der Waals surface area contributed by atoms with E-state index >= 15 is 0 Å². The second kappa shape index (κ2) is 11.9. The van der Waals surface area contributed by atoms with Crippen LogP contribution in [0.15, 0.2) is 93.9 Å². The van der Waals surface area contributed by atoms with Gasteiger partial charge in [0.25, 0.3) is 0 Å². The van der Waals surface area contributed by atoms with Gasteiger partial charge in [0.15, 0.2) is 6.04 Å². The largest absolute Gasteiger partial charge is 0.213 e. The fourth-order valence-corrected chi connectivity index (χ4v) is 5.86. The van der Waals surface area contributed by atoms with Gasteiger partial charge in [0.1, 0.15) is 0 Å². The third-order valence-corrected chi connectivity index (χ3v) is 8.50. The standard InChI is InChI=1S/C34H34Br2N/c1-24(2)26-11-8-25(9-12-26)10-21-33-22-29(27-13-17-30(35)18-14-27)23-34(28-15-19-31(36)20-16-28)37(33)32-6-4-3-5-7-32/h8-24,32H,3-7H2,1-2H3/q+1/b21-10+. The highest BCUT2D eigenvalue weighted by Gasteiger charge is 2.29. The van der Waals surface area contributed by atoms with E-state index < -0.39 is 0 Å². The maximum absolute atomic E-state index is 3.63. The molecule has 0 bridgehead atoms. The van der Waals surface area contributed by atoms with Crippen molar-refractivity contribution in [2.45, 2.75) is 57.9 Å². The van der Waals surface area contributed by atoms with Crippen molar-refractivity contribution in [2.24, 2.45) is 0 Å². The first-order valence-corrected chi connectivity index (χ1v) is 15.0. The summed E-state index contributed by atoms with van der Waals surface area (Å²) in [4.78, 5) is 0. The molecule has 0 saturated heterocycles. The lowest BCUT2D eigenvalue weighted by atomic mass is 9.92. The van der Waals surface area contributed by atoms with Crippen LogP contribution in [0.25, 0.3) is 34.5 Å². The first-order chi connectivity index (χ1) is 18.0. The number of pyridine rings is 1. The summed E-state index contributed by atoms with van der Waals surface area (Å²) in [6.45, 7) is 4.49. The Balaban J connectivity index is 1.67. The molecule has 0 spiro atoms. The van der Waals surface area contributed by atoms with Crippen LogP contribution < -0.4 is 4.57 Å². The highest BCUT2D eigenvalue weighted by molar-refractivity contribution is 9.10. The molecule has 1 aromatic heterocycles. The number of aromatic nitrogens is 1. The van der Waals surface area contributed by atoms with Crippen molar-refractivity contribution in [2.75, 3.05) is 0 Å². The summed E-state index contributed by atoms with van der Waals surface area (Å²) in [6.07, 6.45) is 11.0. The van der Waals surface area contributed by atoms with Gasteiger partial charge in [0.05, 0.1) is 0 Å². The molecule has 1 saturated carbocycles. The monoisotopic (exact) mass is 614 g/mol. The van der Waals surface area contributed by atoms with E-state index in [0.717, 1.165) is 8.95 Å². The average molecular weight is 616 g/mol. The maximum atomic E-state index is 3.63. The fraction of sp³-hybridized carbons (Fsp3) is 0.265. The van der Waals surface area contributed by atoms with E-state index in [0.29, 0.717) is 12.0 Å². The Morgan fingerprint density at radius 1 is 0.676 bits per heavy atom.